The molecule has 0 saturated carbocycles. The summed E-state index contributed by atoms with van der Waals surface area (Å²) in [6.45, 7) is 2.41. The van der Waals surface area contributed by atoms with E-state index in [1.54, 1.807) is 43.5 Å². The van der Waals surface area contributed by atoms with Crippen molar-refractivity contribution in [1.82, 2.24) is 0 Å². The molecule has 3 aromatic rings. The number of carbonyl (C=O) groups excluding carboxylic acids is 1. The van der Waals surface area contributed by atoms with Gasteiger partial charge in [-0.15, -0.1) is 0 Å². The van der Waals surface area contributed by atoms with Crippen molar-refractivity contribution >= 4 is 28.6 Å². The Labute approximate surface area is 156 Å². The maximum absolute atomic E-state index is 12.2. The van der Waals surface area contributed by atoms with Gasteiger partial charge in [0, 0.05) is 23.2 Å². The lowest BCUT2D eigenvalue weighted by molar-refractivity contribution is -0.111. The van der Waals surface area contributed by atoms with Crippen LogP contribution in [0.4, 0.5) is 5.69 Å². The van der Waals surface area contributed by atoms with E-state index >= 15 is 0 Å². The van der Waals surface area contributed by atoms with Gasteiger partial charge in [0.1, 0.15) is 5.58 Å². The number of amides is 1. The van der Waals surface area contributed by atoms with Crippen molar-refractivity contribution < 1.29 is 18.7 Å². The fourth-order valence-corrected chi connectivity index (χ4v) is 2.57. The number of fused-ring (bicyclic) bond motifs is 1. The van der Waals surface area contributed by atoms with Crippen LogP contribution in [-0.2, 0) is 4.79 Å². The maximum atomic E-state index is 12.2. The first kappa shape index (κ1) is 18.3. The Hall–Kier alpha value is -3.54. The first-order chi connectivity index (χ1) is 13.1. The molecule has 0 aliphatic carbocycles. The molecule has 2 aromatic carbocycles. The summed E-state index contributed by atoms with van der Waals surface area (Å²) in [4.78, 5) is 23.4. The summed E-state index contributed by atoms with van der Waals surface area (Å²) in [5.74, 6) is 0.986. The van der Waals surface area contributed by atoms with E-state index in [1.807, 2.05) is 19.1 Å². The number of rotatable bonds is 6. The second kappa shape index (κ2) is 8.23. The van der Waals surface area contributed by atoms with Gasteiger partial charge in [0.25, 0.3) is 0 Å². The van der Waals surface area contributed by atoms with E-state index in [9.17, 15) is 9.59 Å². The zero-order chi connectivity index (χ0) is 19.2. The van der Waals surface area contributed by atoms with Gasteiger partial charge in [-0.3, -0.25) is 4.79 Å². The standard InChI is InChI=1S/C21H19NO5/c1-3-26-19-12-14(4-8-18(19)25-2)5-10-20(23)22-16-7-9-17-15(13-16)6-11-21(24)27-17/h4-13H,3H2,1-2H3,(H,22,23). The summed E-state index contributed by atoms with van der Waals surface area (Å²) in [5.41, 5.74) is 1.48. The minimum absolute atomic E-state index is 0.277. The van der Waals surface area contributed by atoms with Crippen molar-refractivity contribution in [3.63, 3.8) is 0 Å². The predicted octanol–water partition coefficient (Wildman–Crippen LogP) is 3.85. The van der Waals surface area contributed by atoms with Crippen molar-refractivity contribution in [1.29, 1.82) is 0 Å². The molecule has 6 nitrogen and oxygen atoms in total. The van der Waals surface area contributed by atoms with Crippen LogP contribution in [0.1, 0.15) is 12.5 Å². The average molecular weight is 365 g/mol. The Morgan fingerprint density at radius 1 is 1.11 bits per heavy atom. The summed E-state index contributed by atoms with van der Waals surface area (Å²) < 4.78 is 15.8. The van der Waals surface area contributed by atoms with E-state index in [0.717, 1.165) is 10.9 Å². The van der Waals surface area contributed by atoms with E-state index in [2.05, 4.69) is 5.32 Å². The third-order valence-corrected chi connectivity index (χ3v) is 3.80. The topological polar surface area (TPSA) is 77.8 Å². The molecule has 0 radical (unpaired) electrons. The van der Waals surface area contributed by atoms with E-state index in [1.165, 1.54) is 12.1 Å². The lowest BCUT2D eigenvalue weighted by Crippen LogP contribution is -2.07. The Bertz CT molecular complexity index is 1050. The van der Waals surface area contributed by atoms with Gasteiger partial charge in [-0.05, 0) is 55.0 Å². The van der Waals surface area contributed by atoms with Crippen LogP contribution in [0.25, 0.3) is 17.0 Å². The molecule has 0 saturated heterocycles. The van der Waals surface area contributed by atoms with Gasteiger partial charge in [-0.1, -0.05) is 6.07 Å². The summed E-state index contributed by atoms with van der Waals surface area (Å²) in [6, 6.07) is 13.5. The Morgan fingerprint density at radius 2 is 1.96 bits per heavy atom. The molecule has 1 N–H and O–H groups in total. The number of hydrogen-bond acceptors (Lipinski definition) is 5. The van der Waals surface area contributed by atoms with Gasteiger partial charge in [-0.2, -0.15) is 0 Å². The van der Waals surface area contributed by atoms with Crippen LogP contribution < -0.4 is 20.4 Å². The van der Waals surface area contributed by atoms with Crippen LogP contribution >= 0.6 is 0 Å². The quantitative estimate of drug-likeness (QED) is 0.530. The van der Waals surface area contributed by atoms with Crippen molar-refractivity contribution in [3.8, 4) is 11.5 Å². The molecule has 0 aliphatic rings. The monoisotopic (exact) mass is 365 g/mol. The summed E-state index contributed by atoms with van der Waals surface area (Å²) in [7, 11) is 1.58. The minimum Gasteiger partial charge on any atom is -0.493 e. The zero-order valence-corrected chi connectivity index (χ0v) is 15.0. The first-order valence-electron chi connectivity index (χ1n) is 8.43. The summed E-state index contributed by atoms with van der Waals surface area (Å²) >= 11 is 0. The SMILES string of the molecule is CCOc1cc(C=CC(=O)Nc2ccc3oc(=O)ccc3c2)ccc1OC. The van der Waals surface area contributed by atoms with Crippen molar-refractivity contribution in [2.45, 2.75) is 6.92 Å². The molecule has 0 fully saturated rings. The fourth-order valence-electron chi connectivity index (χ4n) is 2.57. The second-order valence-corrected chi connectivity index (χ2v) is 5.67. The van der Waals surface area contributed by atoms with Crippen LogP contribution in [0.5, 0.6) is 11.5 Å². The predicted molar refractivity (Wildman–Crippen MR) is 104 cm³/mol. The minimum atomic E-state index is -0.409. The summed E-state index contributed by atoms with van der Waals surface area (Å²) in [6.07, 6.45) is 3.13. The number of anilines is 1. The molecule has 138 valence electrons. The van der Waals surface area contributed by atoms with Gasteiger partial charge in [-0.25, -0.2) is 4.79 Å². The number of nitrogens with one attached hydrogen (secondary N) is 1. The Morgan fingerprint density at radius 3 is 2.74 bits per heavy atom. The third kappa shape index (κ3) is 4.55. The molecule has 1 aromatic heterocycles. The Kier molecular flexibility index (Phi) is 5.56. The lowest BCUT2D eigenvalue weighted by atomic mass is 10.2. The van der Waals surface area contributed by atoms with Crippen LogP contribution in [0, 0.1) is 0 Å². The Balaban J connectivity index is 1.72. The van der Waals surface area contributed by atoms with E-state index in [-0.39, 0.29) is 5.91 Å². The molecular weight excluding hydrogens is 346 g/mol. The fraction of sp³-hybridized carbons (Fsp3) is 0.143. The van der Waals surface area contributed by atoms with Crippen LogP contribution in [0.15, 0.2) is 63.8 Å². The molecule has 0 bridgehead atoms. The molecule has 0 atom stereocenters. The van der Waals surface area contributed by atoms with Crippen LogP contribution in [0.3, 0.4) is 0 Å². The first-order valence-corrected chi connectivity index (χ1v) is 8.43. The highest BCUT2D eigenvalue weighted by molar-refractivity contribution is 6.02. The zero-order valence-electron chi connectivity index (χ0n) is 15.0. The van der Waals surface area contributed by atoms with E-state index < -0.39 is 5.63 Å². The maximum Gasteiger partial charge on any atom is 0.336 e. The molecule has 3 rings (SSSR count). The number of ether oxygens (including phenoxy) is 2. The van der Waals surface area contributed by atoms with Crippen molar-refractivity contribution in [3.05, 3.63) is 70.6 Å². The molecule has 6 heteroatoms. The van der Waals surface area contributed by atoms with Crippen LogP contribution in [0.2, 0.25) is 0 Å². The molecule has 1 heterocycles. The molecule has 0 spiro atoms. The molecule has 1 amide bonds. The summed E-state index contributed by atoms with van der Waals surface area (Å²) in [5, 5.41) is 3.51. The average Bonchev–Trinajstić information content (AvgIpc) is 2.67. The normalized spacial score (nSPS) is 10.9. The number of methoxy groups -OCH3 is 1. The molecular formula is C21H19NO5. The van der Waals surface area contributed by atoms with Gasteiger partial charge in [0.05, 0.1) is 13.7 Å². The van der Waals surface area contributed by atoms with Crippen molar-refractivity contribution in [2.75, 3.05) is 19.0 Å². The van der Waals surface area contributed by atoms with E-state index in [4.69, 9.17) is 13.9 Å². The highest BCUT2D eigenvalue weighted by Gasteiger charge is 2.05. The van der Waals surface area contributed by atoms with E-state index in [0.29, 0.717) is 29.4 Å². The molecule has 0 unspecified atom stereocenters. The lowest BCUT2D eigenvalue weighted by Gasteiger charge is -2.09. The van der Waals surface area contributed by atoms with Crippen LogP contribution in [-0.4, -0.2) is 19.6 Å². The smallest absolute Gasteiger partial charge is 0.336 e. The van der Waals surface area contributed by atoms with Gasteiger partial charge < -0.3 is 19.2 Å². The number of benzene rings is 2. The largest absolute Gasteiger partial charge is 0.493 e. The second-order valence-electron chi connectivity index (χ2n) is 5.67. The van der Waals surface area contributed by atoms with Gasteiger partial charge >= 0.3 is 5.63 Å². The molecule has 27 heavy (non-hydrogen) atoms. The highest BCUT2D eigenvalue weighted by Crippen LogP contribution is 2.28. The number of carbonyl (C=O) groups is 1. The molecule has 0 aliphatic heterocycles. The van der Waals surface area contributed by atoms with Gasteiger partial charge in [0.15, 0.2) is 11.5 Å². The third-order valence-electron chi connectivity index (χ3n) is 3.80. The van der Waals surface area contributed by atoms with Crippen molar-refractivity contribution in [2.24, 2.45) is 0 Å². The van der Waals surface area contributed by atoms with Gasteiger partial charge in [0.2, 0.25) is 5.91 Å². The number of hydrogen-bond donors (Lipinski definition) is 1. The highest BCUT2D eigenvalue weighted by atomic mass is 16.5.